The van der Waals surface area contributed by atoms with Crippen LogP contribution < -0.4 is 5.73 Å². The second-order valence-electron chi connectivity index (χ2n) is 5.15. The summed E-state index contributed by atoms with van der Waals surface area (Å²) in [7, 11) is 0. The van der Waals surface area contributed by atoms with Crippen molar-refractivity contribution in [2.24, 2.45) is 0 Å². The number of hydrogen-bond acceptors (Lipinski definition) is 3. The van der Waals surface area contributed by atoms with Gasteiger partial charge in [-0.3, -0.25) is 0 Å². The minimum atomic E-state index is 0.361. The van der Waals surface area contributed by atoms with Gasteiger partial charge in [-0.2, -0.15) is 0 Å². The third kappa shape index (κ3) is 2.42. The molecule has 3 aromatic rings. The standard InChI is InChI=1S/C18H18N2O/c1-3-13-6-4-5-7-15(13)17-16(18(19)21-20-17)14-10-8-12(2)9-11-14/h4-11H,3,19H2,1-2H3. The SMILES string of the molecule is CCc1ccccc1-c1noc(N)c1-c1ccc(C)cc1. The third-order valence-corrected chi connectivity index (χ3v) is 3.71. The lowest BCUT2D eigenvalue weighted by atomic mass is 9.96. The predicted molar refractivity (Wildman–Crippen MR) is 85.9 cm³/mol. The number of aromatic nitrogens is 1. The first kappa shape index (κ1) is 13.4. The molecule has 0 amide bonds. The van der Waals surface area contributed by atoms with E-state index in [9.17, 15) is 0 Å². The number of nitrogens with two attached hydrogens (primary N) is 1. The number of benzene rings is 2. The Kier molecular flexibility index (Phi) is 3.48. The monoisotopic (exact) mass is 278 g/mol. The van der Waals surface area contributed by atoms with Crippen molar-refractivity contribution in [2.45, 2.75) is 20.3 Å². The first-order valence-corrected chi connectivity index (χ1v) is 7.11. The van der Waals surface area contributed by atoms with Gasteiger partial charge in [0.1, 0.15) is 5.69 Å². The number of aryl methyl sites for hydroxylation is 2. The average Bonchev–Trinajstić information content (AvgIpc) is 2.90. The summed E-state index contributed by atoms with van der Waals surface area (Å²) in [4.78, 5) is 0. The van der Waals surface area contributed by atoms with E-state index in [0.717, 1.165) is 28.8 Å². The molecule has 0 radical (unpaired) electrons. The van der Waals surface area contributed by atoms with Crippen molar-refractivity contribution in [1.82, 2.24) is 5.16 Å². The Labute approximate surface area is 124 Å². The second kappa shape index (κ2) is 5.44. The van der Waals surface area contributed by atoms with Crippen molar-refractivity contribution in [1.29, 1.82) is 0 Å². The van der Waals surface area contributed by atoms with Gasteiger partial charge in [-0.1, -0.05) is 66.2 Å². The number of rotatable bonds is 3. The van der Waals surface area contributed by atoms with Crippen LogP contribution in [-0.2, 0) is 6.42 Å². The van der Waals surface area contributed by atoms with Gasteiger partial charge in [0.2, 0.25) is 5.88 Å². The molecule has 21 heavy (non-hydrogen) atoms. The van der Waals surface area contributed by atoms with Gasteiger partial charge in [0.25, 0.3) is 0 Å². The molecule has 0 aliphatic heterocycles. The van der Waals surface area contributed by atoms with E-state index < -0.39 is 0 Å². The highest BCUT2D eigenvalue weighted by atomic mass is 16.5. The Hall–Kier alpha value is -2.55. The zero-order chi connectivity index (χ0) is 14.8. The van der Waals surface area contributed by atoms with Crippen LogP contribution in [0.5, 0.6) is 0 Å². The highest BCUT2D eigenvalue weighted by molar-refractivity contribution is 5.87. The van der Waals surface area contributed by atoms with Gasteiger partial charge in [-0.15, -0.1) is 0 Å². The number of nitrogens with zero attached hydrogens (tertiary/aromatic N) is 1. The van der Waals surface area contributed by atoms with Crippen molar-refractivity contribution in [3.63, 3.8) is 0 Å². The summed E-state index contributed by atoms with van der Waals surface area (Å²) in [5.41, 5.74) is 12.3. The van der Waals surface area contributed by atoms with E-state index in [-0.39, 0.29) is 0 Å². The van der Waals surface area contributed by atoms with Gasteiger partial charge >= 0.3 is 0 Å². The molecule has 0 saturated heterocycles. The normalized spacial score (nSPS) is 10.8. The molecule has 0 unspecified atom stereocenters. The van der Waals surface area contributed by atoms with Crippen LogP contribution >= 0.6 is 0 Å². The van der Waals surface area contributed by atoms with Gasteiger partial charge in [-0.25, -0.2) is 0 Å². The van der Waals surface area contributed by atoms with Crippen LogP contribution in [0.4, 0.5) is 5.88 Å². The van der Waals surface area contributed by atoms with Gasteiger partial charge in [-0.05, 0) is 24.5 Å². The predicted octanol–water partition coefficient (Wildman–Crippen LogP) is 4.46. The van der Waals surface area contributed by atoms with E-state index >= 15 is 0 Å². The maximum absolute atomic E-state index is 6.01. The Bertz CT molecular complexity index is 757. The van der Waals surface area contributed by atoms with Gasteiger partial charge in [0.15, 0.2) is 0 Å². The third-order valence-electron chi connectivity index (χ3n) is 3.71. The second-order valence-corrected chi connectivity index (χ2v) is 5.15. The highest BCUT2D eigenvalue weighted by Crippen LogP contribution is 2.37. The lowest BCUT2D eigenvalue weighted by Gasteiger charge is -2.07. The number of nitrogen functional groups attached to an aromatic ring is 1. The van der Waals surface area contributed by atoms with Crippen LogP contribution in [0.15, 0.2) is 53.1 Å². The Morgan fingerprint density at radius 1 is 1.05 bits per heavy atom. The minimum absolute atomic E-state index is 0.361. The van der Waals surface area contributed by atoms with Gasteiger partial charge < -0.3 is 10.3 Å². The molecule has 0 bridgehead atoms. The van der Waals surface area contributed by atoms with E-state index in [1.54, 1.807) is 0 Å². The maximum Gasteiger partial charge on any atom is 0.230 e. The van der Waals surface area contributed by atoms with Crippen molar-refractivity contribution in [3.05, 3.63) is 59.7 Å². The van der Waals surface area contributed by atoms with E-state index in [2.05, 4.69) is 55.4 Å². The number of anilines is 1. The molecule has 2 aromatic carbocycles. The van der Waals surface area contributed by atoms with E-state index in [4.69, 9.17) is 10.3 Å². The molecule has 0 spiro atoms. The fraction of sp³-hybridized carbons (Fsp3) is 0.167. The fourth-order valence-corrected chi connectivity index (χ4v) is 2.55. The van der Waals surface area contributed by atoms with E-state index in [1.807, 2.05) is 12.1 Å². The molecule has 0 atom stereocenters. The molecule has 1 heterocycles. The molecule has 3 rings (SSSR count). The molecule has 106 valence electrons. The zero-order valence-corrected chi connectivity index (χ0v) is 12.3. The first-order valence-electron chi connectivity index (χ1n) is 7.11. The van der Waals surface area contributed by atoms with Crippen LogP contribution in [-0.4, -0.2) is 5.16 Å². The van der Waals surface area contributed by atoms with Crippen LogP contribution in [0, 0.1) is 6.92 Å². The molecular formula is C18H18N2O. The van der Waals surface area contributed by atoms with Crippen LogP contribution in [0.25, 0.3) is 22.4 Å². The summed E-state index contributed by atoms with van der Waals surface area (Å²) in [6.07, 6.45) is 0.941. The largest absolute Gasteiger partial charge is 0.367 e. The van der Waals surface area contributed by atoms with E-state index in [0.29, 0.717) is 5.88 Å². The first-order chi connectivity index (χ1) is 10.2. The quantitative estimate of drug-likeness (QED) is 0.769. The fourth-order valence-electron chi connectivity index (χ4n) is 2.55. The van der Waals surface area contributed by atoms with Crippen LogP contribution in [0.1, 0.15) is 18.1 Å². The van der Waals surface area contributed by atoms with Gasteiger partial charge in [0.05, 0.1) is 5.56 Å². The van der Waals surface area contributed by atoms with Crippen molar-refractivity contribution in [3.8, 4) is 22.4 Å². The summed E-state index contributed by atoms with van der Waals surface area (Å²) in [5.74, 6) is 0.361. The maximum atomic E-state index is 6.01. The smallest absolute Gasteiger partial charge is 0.230 e. The molecule has 3 nitrogen and oxygen atoms in total. The lowest BCUT2D eigenvalue weighted by molar-refractivity contribution is 0.439. The Morgan fingerprint density at radius 3 is 2.48 bits per heavy atom. The summed E-state index contributed by atoms with van der Waals surface area (Å²) in [6, 6.07) is 16.5. The molecule has 0 aliphatic carbocycles. The number of hydrogen-bond donors (Lipinski definition) is 1. The van der Waals surface area contributed by atoms with Crippen molar-refractivity contribution in [2.75, 3.05) is 5.73 Å². The summed E-state index contributed by atoms with van der Waals surface area (Å²) < 4.78 is 5.26. The Balaban J connectivity index is 2.19. The molecule has 1 aromatic heterocycles. The Morgan fingerprint density at radius 2 is 1.76 bits per heavy atom. The van der Waals surface area contributed by atoms with Crippen LogP contribution in [0.2, 0.25) is 0 Å². The summed E-state index contributed by atoms with van der Waals surface area (Å²) >= 11 is 0. The lowest BCUT2D eigenvalue weighted by Crippen LogP contribution is -1.91. The molecule has 0 aliphatic rings. The summed E-state index contributed by atoms with van der Waals surface area (Å²) in [5, 5.41) is 4.19. The zero-order valence-electron chi connectivity index (χ0n) is 12.3. The average molecular weight is 278 g/mol. The summed E-state index contributed by atoms with van der Waals surface area (Å²) in [6.45, 7) is 4.20. The molecule has 0 fully saturated rings. The molecular weight excluding hydrogens is 260 g/mol. The highest BCUT2D eigenvalue weighted by Gasteiger charge is 2.18. The van der Waals surface area contributed by atoms with Gasteiger partial charge in [0, 0.05) is 5.56 Å². The van der Waals surface area contributed by atoms with Crippen molar-refractivity contribution < 1.29 is 4.52 Å². The van der Waals surface area contributed by atoms with Crippen molar-refractivity contribution >= 4 is 5.88 Å². The molecule has 3 heteroatoms. The molecule has 2 N–H and O–H groups in total. The minimum Gasteiger partial charge on any atom is -0.367 e. The molecule has 0 saturated carbocycles. The topological polar surface area (TPSA) is 52.0 Å². The van der Waals surface area contributed by atoms with E-state index in [1.165, 1.54) is 11.1 Å². The van der Waals surface area contributed by atoms with Crippen LogP contribution in [0.3, 0.4) is 0 Å².